The van der Waals surface area contributed by atoms with Gasteiger partial charge in [-0.05, 0) is 49.2 Å². The van der Waals surface area contributed by atoms with Crippen molar-refractivity contribution < 1.29 is 19.0 Å². The number of pyridine rings is 1. The van der Waals surface area contributed by atoms with Crippen LogP contribution < -0.4 is 15.6 Å². The number of rotatable bonds is 8. The summed E-state index contributed by atoms with van der Waals surface area (Å²) < 4.78 is 21.6. The number of halogens is 2. The van der Waals surface area contributed by atoms with Crippen LogP contribution in [0.25, 0.3) is 10.9 Å². The van der Waals surface area contributed by atoms with Crippen LogP contribution in [0.4, 0.5) is 4.39 Å². The number of β-amino-alcohol motifs (C(OH)–C–C–N with tert-alkyl or cyclic N) is 1. The maximum Gasteiger partial charge on any atom is 0.271 e. The van der Waals surface area contributed by atoms with Crippen molar-refractivity contribution in [2.75, 3.05) is 39.3 Å². The van der Waals surface area contributed by atoms with E-state index in [9.17, 15) is 19.1 Å². The van der Waals surface area contributed by atoms with Crippen molar-refractivity contribution in [2.24, 2.45) is 0 Å². The van der Waals surface area contributed by atoms with Gasteiger partial charge in [-0.2, -0.15) is 0 Å². The van der Waals surface area contributed by atoms with Gasteiger partial charge in [0.15, 0.2) is 0 Å². The fraction of sp³-hybridized carbons (Fsp3) is 0.357. The van der Waals surface area contributed by atoms with Crippen LogP contribution in [0.1, 0.15) is 34.8 Å². The first kappa shape index (κ1) is 26.2. The monoisotopic (exact) mass is 538 g/mol. The molecule has 1 aliphatic carbocycles. The number of nitrogens with one attached hydrogen (secondary N) is 1. The Labute approximate surface area is 224 Å². The van der Waals surface area contributed by atoms with E-state index in [0.717, 1.165) is 24.5 Å². The highest BCUT2D eigenvalue weighted by Crippen LogP contribution is 2.37. The van der Waals surface area contributed by atoms with Crippen LogP contribution >= 0.6 is 11.6 Å². The molecule has 1 aromatic heterocycles. The van der Waals surface area contributed by atoms with Crippen molar-refractivity contribution in [3.63, 3.8) is 0 Å². The second-order valence-electron chi connectivity index (χ2n) is 9.66. The van der Waals surface area contributed by atoms with Crippen LogP contribution in [-0.4, -0.2) is 70.9 Å². The van der Waals surface area contributed by atoms with Gasteiger partial charge in [0.05, 0.1) is 10.5 Å². The molecule has 1 saturated carbocycles. The van der Waals surface area contributed by atoms with Gasteiger partial charge in [0.25, 0.3) is 5.91 Å². The number of carbonyl (C=O) groups excluding carboxylic acids is 1. The number of aliphatic hydroxyl groups is 1. The van der Waals surface area contributed by atoms with E-state index in [1.165, 1.54) is 6.07 Å². The van der Waals surface area contributed by atoms with Gasteiger partial charge in [-0.25, -0.2) is 9.40 Å². The summed E-state index contributed by atoms with van der Waals surface area (Å²) in [5.41, 5.74) is 3.55. The molecular formula is C28H28ClFN4O4. The van der Waals surface area contributed by atoms with Gasteiger partial charge in [0.1, 0.15) is 29.8 Å². The van der Waals surface area contributed by atoms with Crippen molar-refractivity contribution in [2.45, 2.75) is 25.0 Å². The molecule has 8 nitrogen and oxygen atoms in total. The number of fused-ring (bicyclic) bond motifs is 1. The van der Waals surface area contributed by atoms with Gasteiger partial charge < -0.3 is 14.4 Å². The average molecular weight is 539 g/mol. The standard InChI is InChI=1S/C28H28ClFN4O4/c1-2-18-3-7-21(8-4-18)38-17-20(35)15-32-9-11-33(12-10-32)31-28(37)23-16-34(19-5-6-19)26-14-24(29)25(30)13-22(26)27(23)36/h1,3-4,7-8,13-14,16,19-20,35H,5-6,9-12,15,17H2,(H,31,37). The summed E-state index contributed by atoms with van der Waals surface area (Å²) in [6.45, 7) is 2.83. The lowest BCUT2D eigenvalue weighted by molar-refractivity contribution is 0.0316. The van der Waals surface area contributed by atoms with Gasteiger partial charge in [0, 0.05) is 55.9 Å². The minimum Gasteiger partial charge on any atom is -0.491 e. The molecule has 1 atom stereocenters. The Hall–Kier alpha value is -3.42. The first-order chi connectivity index (χ1) is 18.3. The molecule has 0 spiro atoms. The van der Waals surface area contributed by atoms with Crippen molar-refractivity contribution in [3.05, 3.63) is 74.8 Å². The maximum absolute atomic E-state index is 14.1. The number of carbonyl (C=O) groups is 1. The molecule has 38 heavy (non-hydrogen) atoms. The molecule has 1 amide bonds. The molecule has 3 aromatic rings. The lowest BCUT2D eigenvalue weighted by Crippen LogP contribution is -2.55. The summed E-state index contributed by atoms with van der Waals surface area (Å²) in [5.74, 6) is 1.96. The molecule has 2 aliphatic rings. The number of terminal acetylenes is 1. The summed E-state index contributed by atoms with van der Waals surface area (Å²) in [7, 11) is 0. The normalized spacial score (nSPS) is 17.2. The summed E-state index contributed by atoms with van der Waals surface area (Å²) in [4.78, 5) is 28.2. The predicted octanol–water partition coefficient (Wildman–Crippen LogP) is 2.81. The van der Waals surface area contributed by atoms with Crippen molar-refractivity contribution in [1.29, 1.82) is 0 Å². The van der Waals surface area contributed by atoms with Crippen molar-refractivity contribution >= 4 is 28.4 Å². The fourth-order valence-electron chi connectivity index (χ4n) is 4.60. The maximum atomic E-state index is 14.1. The Bertz CT molecular complexity index is 1440. The van der Waals surface area contributed by atoms with E-state index in [1.807, 2.05) is 4.57 Å². The Morgan fingerprint density at radius 2 is 1.92 bits per heavy atom. The van der Waals surface area contributed by atoms with E-state index in [-0.39, 0.29) is 28.6 Å². The summed E-state index contributed by atoms with van der Waals surface area (Å²) in [6, 6.07) is 9.81. The third kappa shape index (κ3) is 5.84. The molecule has 0 bridgehead atoms. The smallest absolute Gasteiger partial charge is 0.271 e. The fourth-order valence-corrected chi connectivity index (χ4v) is 4.76. The van der Waals surface area contributed by atoms with E-state index < -0.39 is 23.3 Å². The highest BCUT2D eigenvalue weighted by atomic mass is 35.5. The predicted molar refractivity (Wildman–Crippen MR) is 143 cm³/mol. The molecule has 10 heteroatoms. The molecule has 1 aliphatic heterocycles. The summed E-state index contributed by atoms with van der Waals surface area (Å²) in [5, 5.41) is 12.2. The van der Waals surface area contributed by atoms with Crippen LogP contribution in [0, 0.1) is 18.2 Å². The van der Waals surface area contributed by atoms with Gasteiger partial charge >= 0.3 is 0 Å². The molecule has 5 rings (SSSR count). The molecule has 2 heterocycles. The molecule has 2 N–H and O–H groups in total. The number of hydrazine groups is 1. The van der Waals surface area contributed by atoms with Gasteiger partial charge in [-0.3, -0.25) is 19.9 Å². The second kappa shape index (κ2) is 11.1. The molecular weight excluding hydrogens is 511 g/mol. The van der Waals surface area contributed by atoms with Gasteiger partial charge in [-0.15, -0.1) is 6.42 Å². The van der Waals surface area contributed by atoms with E-state index in [2.05, 4.69) is 16.2 Å². The van der Waals surface area contributed by atoms with E-state index >= 15 is 0 Å². The molecule has 2 fully saturated rings. The lowest BCUT2D eigenvalue weighted by atomic mass is 10.1. The Morgan fingerprint density at radius 3 is 2.58 bits per heavy atom. The Morgan fingerprint density at radius 1 is 1.21 bits per heavy atom. The number of aromatic nitrogens is 1. The minimum absolute atomic E-state index is 0.0311. The number of amides is 1. The quantitative estimate of drug-likeness (QED) is 0.429. The number of hydrogen-bond donors (Lipinski definition) is 2. The lowest BCUT2D eigenvalue weighted by Gasteiger charge is -2.35. The number of piperazine rings is 1. The zero-order valence-electron chi connectivity index (χ0n) is 20.7. The van der Waals surface area contributed by atoms with Crippen LogP contribution in [0.5, 0.6) is 5.75 Å². The van der Waals surface area contributed by atoms with E-state index in [1.54, 1.807) is 35.5 Å². The summed E-state index contributed by atoms with van der Waals surface area (Å²) >= 11 is 5.96. The molecule has 1 unspecified atom stereocenters. The molecule has 1 saturated heterocycles. The molecule has 0 radical (unpaired) electrons. The average Bonchev–Trinajstić information content (AvgIpc) is 3.76. The third-order valence-electron chi connectivity index (χ3n) is 6.82. The van der Waals surface area contributed by atoms with E-state index in [4.69, 9.17) is 22.8 Å². The number of ether oxygens (including phenoxy) is 1. The van der Waals surface area contributed by atoms with Crippen molar-refractivity contribution in [1.82, 2.24) is 19.9 Å². The third-order valence-corrected chi connectivity index (χ3v) is 7.11. The largest absolute Gasteiger partial charge is 0.491 e. The molecule has 198 valence electrons. The van der Waals surface area contributed by atoms with Gasteiger partial charge in [0.2, 0.25) is 5.43 Å². The number of benzene rings is 2. The zero-order valence-corrected chi connectivity index (χ0v) is 21.5. The minimum atomic E-state index is -0.693. The van der Waals surface area contributed by atoms with Crippen LogP contribution in [0.3, 0.4) is 0 Å². The molecule has 2 aromatic carbocycles. The zero-order chi connectivity index (χ0) is 26.8. The second-order valence-corrected chi connectivity index (χ2v) is 10.1. The highest BCUT2D eigenvalue weighted by Gasteiger charge is 2.28. The van der Waals surface area contributed by atoms with Crippen molar-refractivity contribution in [3.8, 4) is 18.1 Å². The first-order valence-electron chi connectivity index (χ1n) is 12.5. The van der Waals surface area contributed by atoms with Crippen LogP contribution in [0.15, 0.2) is 47.4 Å². The number of nitrogens with zero attached hydrogens (tertiary/aromatic N) is 3. The van der Waals surface area contributed by atoms with Crippen LogP contribution in [0.2, 0.25) is 5.02 Å². The van der Waals surface area contributed by atoms with Gasteiger partial charge in [-0.1, -0.05) is 17.5 Å². The summed E-state index contributed by atoms with van der Waals surface area (Å²) in [6.07, 6.45) is 8.07. The first-order valence-corrected chi connectivity index (χ1v) is 12.9. The number of hydrogen-bond acceptors (Lipinski definition) is 6. The van der Waals surface area contributed by atoms with E-state index in [0.29, 0.717) is 44.0 Å². The number of aliphatic hydroxyl groups excluding tert-OH is 1. The highest BCUT2D eigenvalue weighted by molar-refractivity contribution is 6.31. The topological polar surface area (TPSA) is 87.0 Å². The SMILES string of the molecule is C#Cc1ccc(OCC(O)CN2CCN(NC(=O)c3cn(C4CC4)c4cc(Cl)c(F)cc4c3=O)CC2)cc1. The van der Waals surface area contributed by atoms with Crippen LogP contribution in [-0.2, 0) is 0 Å². The Balaban J connectivity index is 1.16. The Kier molecular flexibility index (Phi) is 7.68.